The molecule has 3 aromatic rings. The molecule has 2 aromatic carbocycles. The van der Waals surface area contributed by atoms with Crippen molar-refractivity contribution in [2.75, 3.05) is 4.90 Å². The van der Waals surface area contributed by atoms with E-state index in [1.165, 1.54) is 4.90 Å². The van der Waals surface area contributed by atoms with Gasteiger partial charge in [0.05, 0.1) is 18.8 Å². The third kappa shape index (κ3) is 4.12. The van der Waals surface area contributed by atoms with Crippen LogP contribution in [0.25, 0.3) is 11.3 Å². The first kappa shape index (κ1) is 20.1. The lowest BCUT2D eigenvalue weighted by Crippen LogP contribution is -2.36. The van der Waals surface area contributed by atoms with Gasteiger partial charge in [-0.1, -0.05) is 59.6 Å². The molecule has 0 fully saturated rings. The monoisotopic (exact) mass is 415 g/mol. The van der Waals surface area contributed by atoms with Gasteiger partial charge in [0.15, 0.2) is 0 Å². The number of aliphatic hydroxyl groups excluding tert-OH is 1. The van der Waals surface area contributed by atoms with Crippen LogP contribution >= 0.6 is 23.2 Å². The first-order valence-corrected chi connectivity index (χ1v) is 9.34. The molecule has 28 heavy (non-hydrogen) atoms. The number of hydrogen-bond donors (Lipinski definition) is 2. The van der Waals surface area contributed by atoms with Crippen molar-refractivity contribution in [3.63, 3.8) is 0 Å². The van der Waals surface area contributed by atoms with Gasteiger partial charge in [-0.15, -0.1) is 0 Å². The predicted octanol–water partition coefficient (Wildman–Crippen LogP) is 4.94. The first-order chi connectivity index (χ1) is 13.4. The third-order valence-electron chi connectivity index (χ3n) is 4.46. The topological polar surface area (TPSA) is 79.5 Å². The second-order valence-electron chi connectivity index (χ2n) is 6.27. The normalized spacial score (nSPS) is 10.7. The van der Waals surface area contributed by atoms with Gasteiger partial charge >= 0.3 is 6.03 Å². The summed E-state index contributed by atoms with van der Waals surface area (Å²) in [5, 5.41) is 10.6. The predicted molar refractivity (Wildman–Crippen MR) is 113 cm³/mol. The average Bonchev–Trinajstić information content (AvgIpc) is 2.67. The Morgan fingerprint density at radius 3 is 2.36 bits per heavy atom. The number of amides is 2. The van der Waals surface area contributed by atoms with Crippen LogP contribution < -0.4 is 10.6 Å². The Morgan fingerprint density at radius 1 is 1.07 bits per heavy atom. The van der Waals surface area contributed by atoms with E-state index in [1.54, 1.807) is 30.3 Å². The molecular weight excluding hydrogens is 397 g/mol. The fourth-order valence-corrected chi connectivity index (χ4v) is 3.46. The van der Waals surface area contributed by atoms with Crippen LogP contribution in [0.2, 0.25) is 10.0 Å². The molecule has 0 spiro atoms. The summed E-state index contributed by atoms with van der Waals surface area (Å²) in [4.78, 5) is 18.1. The molecule has 0 unspecified atom stereocenters. The number of carbonyl (C=O) groups excluding carboxylic acids is 1. The summed E-state index contributed by atoms with van der Waals surface area (Å²) < 4.78 is 0. The number of nitrogens with two attached hydrogens (primary N) is 1. The van der Waals surface area contributed by atoms with Gasteiger partial charge < -0.3 is 10.8 Å². The molecular formula is C21H19Cl2N3O2. The Bertz CT molecular complexity index is 1000. The number of aliphatic hydroxyl groups is 1. The van der Waals surface area contributed by atoms with Gasteiger partial charge in [0, 0.05) is 26.7 Å². The molecule has 0 saturated heterocycles. The van der Waals surface area contributed by atoms with Gasteiger partial charge in [0.2, 0.25) is 0 Å². The Morgan fingerprint density at radius 2 is 1.75 bits per heavy atom. The molecule has 3 rings (SSSR count). The standard InChI is InChI=1S/C21H19Cl2N3O2/c1-13-5-2-3-6-15(13)20-14(12-27)9-10-19(25-20)26(21(24)28)11-16-17(22)7-4-8-18(16)23/h2-10,27H,11-12H2,1H3,(H2,24,28). The van der Waals surface area contributed by atoms with Crippen LogP contribution in [0.1, 0.15) is 16.7 Å². The molecule has 1 heterocycles. The highest BCUT2D eigenvalue weighted by molar-refractivity contribution is 6.36. The van der Waals surface area contributed by atoms with E-state index in [-0.39, 0.29) is 13.2 Å². The third-order valence-corrected chi connectivity index (χ3v) is 5.16. The van der Waals surface area contributed by atoms with Crippen LogP contribution in [0.5, 0.6) is 0 Å². The molecule has 5 nitrogen and oxygen atoms in total. The zero-order valence-electron chi connectivity index (χ0n) is 15.2. The molecule has 0 bridgehead atoms. The number of halogens is 2. The molecule has 0 atom stereocenters. The second kappa shape index (κ2) is 8.61. The number of nitrogens with zero attached hydrogens (tertiary/aromatic N) is 2. The minimum Gasteiger partial charge on any atom is -0.392 e. The van der Waals surface area contributed by atoms with Gasteiger partial charge in [-0.25, -0.2) is 9.78 Å². The molecule has 144 valence electrons. The van der Waals surface area contributed by atoms with Crippen LogP contribution in [0.3, 0.4) is 0 Å². The number of aryl methyl sites for hydroxylation is 1. The van der Waals surface area contributed by atoms with E-state index in [0.29, 0.717) is 32.7 Å². The lowest BCUT2D eigenvalue weighted by Gasteiger charge is -2.22. The van der Waals surface area contributed by atoms with Crippen LogP contribution in [-0.4, -0.2) is 16.1 Å². The van der Waals surface area contributed by atoms with Gasteiger partial charge in [-0.3, -0.25) is 4.90 Å². The van der Waals surface area contributed by atoms with Gasteiger partial charge in [0.25, 0.3) is 0 Å². The largest absolute Gasteiger partial charge is 0.392 e. The summed E-state index contributed by atoms with van der Waals surface area (Å²) in [6.45, 7) is 1.86. The van der Waals surface area contributed by atoms with Gasteiger partial charge in [-0.2, -0.15) is 0 Å². The van der Waals surface area contributed by atoms with Crippen molar-refractivity contribution in [2.24, 2.45) is 5.73 Å². The molecule has 2 amide bonds. The zero-order chi connectivity index (χ0) is 20.3. The van der Waals surface area contributed by atoms with E-state index in [9.17, 15) is 9.90 Å². The summed E-state index contributed by atoms with van der Waals surface area (Å²) in [7, 11) is 0. The molecule has 0 aliphatic rings. The molecule has 0 aliphatic carbocycles. The first-order valence-electron chi connectivity index (χ1n) is 8.59. The van der Waals surface area contributed by atoms with E-state index in [2.05, 4.69) is 4.98 Å². The Hall–Kier alpha value is -2.60. The lowest BCUT2D eigenvalue weighted by atomic mass is 10.0. The summed E-state index contributed by atoms with van der Waals surface area (Å²) >= 11 is 12.5. The Kier molecular flexibility index (Phi) is 6.19. The maximum Gasteiger partial charge on any atom is 0.320 e. The van der Waals surface area contributed by atoms with Crippen LogP contribution in [-0.2, 0) is 13.2 Å². The van der Waals surface area contributed by atoms with E-state index in [1.807, 2.05) is 31.2 Å². The van der Waals surface area contributed by atoms with E-state index >= 15 is 0 Å². The smallest absolute Gasteiger partial charge is 0.320 e. The number of benzene rings is 2. The van der Waals surface area contributed by atoms with Crippen molar-refractivity contribution in [3.8, 4) is 11.3 Å². The fourth-order valence-electron chi connectivity index (χ4n) is 2.94. The van der Waals surface area contributed by atoms with Crippen molar-refractivity contribution < 1.29 is 9.90 Å². The number of anilines is 1. The number of pyridine rings is 1. The maximum atomic E-state index is 12.2. The van der Waals surface area contributed by atoms with Crippen LogP contribution in [0.4, 0.5) is 10.6 Å². The summed E-state index contributed by atoms with van der Waals surface area (Å²) in [6, 6.07) is 15.5. The maximum absolute atomic E-state index is 12.2. The number of primary amides is 1. The summed E-state index contributed by atoms with van der Waals surface area (Å²) in [5.74, 6) is 0.346. The van der Waals surface area contributed by atoms with E-state index in [0.717, 1.165) is 11.1 Å². The molecule has 0 aliphatic heterocycles. The quantitative estimate of drug-likeness (QED) is 0.618. The Balaban J connectivity index is 2.09. The number of aromatic nitrogens is 1. The highest BCUT2D eigenvalue weighted by atomic mass is 35.5. The minimum atomic E-state index is -0.684. The van der Waals surface area contributed by atoms with Crippen molar-refractivity contribution in [3.05, 3.63) is 81.3 Å². The van der Waals surface area contributed by atoms with Crippen molar-refractivity contribution in [2.45, 2.75) is 20.1 Å². The van der Waals surface area contributed by atoms with E-state index in [4.69, 9.17) is 28.9 Å². The number of carbonyl (C=O) groups is 1. The van der Waals surface area contributed by atoms with Gasteiger partial charge in [0.1, 0.15) is 5.82 Å². The minimum absolute atomic E-state index is 0.0759. The van der Waals surface area contributed by atoms with Crippen LogP contribution in [0, 0.1) is 6.92 Å². The Labute approximate surface area is 173 Å². The number of rotatable bonds is 5. The molecule has 0 radical (unpaired) electrons. The van der Waals surface area contributed by atoms with E-state index < -0.39 is 6.03 Å². The fraction of sp³-hybridized carbons (Fsp3) is 0.143. The zero-order valence-corrected chi connectivity index (χ0v) is 16.7. The highest BCUT2D eigenvalue weighted by Gasteiger charge is 2.20. The number of hydrogen-bond acceptors (Lipinski definition) is 3. The average molecular weight is 416 g/mol. The molecule has 1 aromatic heterocycles. The van der Waals surface area contributed by atoms with Crippen molar-refractivity contribution >= 4 is 35.1 Å². The lowest BCUT2D eigenvalue weighted by molar-refractivity contribution is 0.253. The van der Waals surface area contributed by atoms with Crippen molar-refractivity contribution in [1.29, 1.82) is 0 Å². The molecule has 0 saturated carbocycles. The molecule has 7 heteroatoms. The summed E-state index contributed by atoms with van der Waals surface area (Å²) in [5.41, 5.74) is 9.31. The van der Waals surface area contributed by atoms with Crippen molar-refractivity contribution in [1.82, 2.24) is 4.98 Å². The SMILES string of the molecule is Cc1ccccc1-c1nc(N(Cc2c(Cl)cccc2Cl)C(N)=O)ccc1CO. The molecule has 3 N–H and O–H groups in total. The second-order valence-corrected chi connectivity index (χ2v) is 7.09. The summed E-state index contributed by atoms with van der Waals surface area (Å²) in [6.07, 6.45) is 0. The highest BCUT2D eigenvalue weighted by Crippen LogP contribution is 2.30. The van der Waals surface area contributed by atoms with Crippen LogP contribution in [0.15, 0.2) is 54.6 Å². The number of urea groups is 1. The van der Waals surface area contributed by atoms with Gasteiger partial charge in [-0.05, 0) is 30.7 Å².